The maximum atomic E-state index is 6.38. The molecule has 0 amide bonds. The molecule has 0 saturated heterocycles. The Kier molecular flexibility index (Phi) is 5.25. The minimum Gasteiger partial charge on any atom is -0.333 e. The Morgan fingerprint density at radius 1 is 1.27 bits per heavy atom. The normalized spacial score (nSPS) is 17.0. The molecule has 3 rings (SSSR count). The summed E-state index contributed by atoms with van der Waals surface area (Å²) in [6.45, 7) is 6.38. The summed E-state index contributed by atoms with van der Waals surface area (Å²) in [5, 5.41) is 5.25. The minimum absolute atomic E-state index is 0. The van der Waals surface area contributed by atoms with E-state index >= 15 is 0 Å². The van der Waals surface area contributed by atoms with E-state index in [1.807, 2.05) is 6.92 Å². The van der Waals surface area contributed by atoms with Crippen LogP contribution in [0.1, 0.15) is 56.1 Å². The van der Waals surface area contributed by atoms with Gasteiger partial charge in [0.2, 0.25) is 0 Å². The predicted octanol–water partition coefficient (Wildman–Crippen LogP) is 3.85. The topological polar surface area (TPSA) is 77.8 Å². The van der Waals surface area contributed by atoms with E-state index in [9.17, 15) is 0 Å². The lowest BCUT2D eigenvalue weighted by molar-refractivity contribution is 0.373. The first-order valence-electron chi connectivity index (χ1n) is 7.58. The van der Waals surface area contributed by atoms with Crippen LogP contribution >= 0.6 is 23.7 Å². The van der Waals surface area contributed by atoms with Crippen LogP contribution in [-0.2, 0) is 12.0 Å². The molecule has 0 aliphatic heterocycles. The van der Waals surface area contributed by atoms with Crippen molar-refractivity contribution in [3.63, 3.8) is 0 Å². The molecule has 0 radical (unpaired) electrons. The first-order chi connectivity index (χ1) is 9.98. The highest BCUT2D eigenvalue weighted by molar-refractivity contribution is 7.15. The van der Waals surface area contributed by atoms with Gasteiger partial charge in [-0.3, -0.25) is 0 Å². The summed E-state index contributed by atoms with van der Waals surface area (Å²) in [6.07, 6.45) is 5.13. The average molecular weight is 343 g/mol. The lowest BCUT2D eigenvalue weighted by atomic mass is 9.99. The van der Waals surface area contributed by atoms with Crippen molar-refractivity contribution in [2.45, 2.75) is 58.4 Å². The summed E-state index contributed by atoms with van der Waals surface area (Å²) in [7, 11) is 0. The number of nitrogens with zero attached hydrogens (tertiary/aromatic N) is 3. The standard InChI is InChI=1S/C15H22N4OS.ClH/c1-9(2)8-11-17-10(3)12(21-11)13-18-14(19-20-13)15(16)6-4-5-7-15;/h9H,4-8,16H2,1-3H3;1H. The number of thiazole rings is 1. The molecule has 0 unspecified atom stereocenters. The maximum Gasteiger partial charge on any atom is 0.269 e. The van der Waals surface area contributed by atoms with E-state index in [4.69, 9.17) is 10.3 Å². The lowest BCUT2D eigenvalue weighted by Crippen LogP contribution is -2.34. The van der Waals surface area contributed by atoms with Gasteiger partial charge in [0.1, 0.15) is 4.88 Å². The number of hydrogen-bond acceptors (Lipinski definition) is 6. The van der Waals surface area contributed by atoms with Crippen molar-refractivity contribution in [2.24, 2.45) is 11.7 Å². The smallest absolute Gasteiger partial charge is 0.269 e. The third-order valence-electron chi connectivity index (χ3n) is 3.99. The molecule has 122 valence electrons. The molecule has 2 N–H and O–H groups in total. The zero-order valence-electron chi connectivity index (χ0n) is 13.3. The van der Waals surface area contributed by atoms with Gasteiger partial charge in [-0.25, -0.2) is 4.98 Å². The highest BCUT2D eigenvalue weighted by Crippen LogP contribution is 2.36. The van der Waals surface area contributed by atoms with Crippen LogP contribution in [0.5, 0.6) is 0 Å². The quantitative estimate of drug-likeness (QED) is 0.913. The van der Waals surface area contributed by atoms with Crippen molar-refractivity contribution >= 4 is 23.7 Å². The van der Waals surface area contributed by atoms with Gasteiger partial charge in [0, 0.05) is 6.42 Å². The number of aromatic nitrogens is 3. The van der Waals surface area contributed by atoms with E-state index in [0.717, 1.165) is 47.7 Å². The van der Waals surface area contributed by atoms with Crippen LogP contribution in [-0.4, -0.2) is 15.1 Å². The van der Waals surface area contributed by atoms with E-state index < -0.39 is 5.54 Å². The molecule has 2 heterocycles. The Balaban J connectivity index is 0.00000176. The molecule has 5 nitrogen and oxygen atoms in total. The Hall–Kier alpha value is -0.980. The number of aryl methyl sites for hydroxylation is 1. The van der Waals surface area contributed by atoms with E-state index in [2.05, 4.69) is 29.0 Å². The van der Waals surface area contributed by atoms with Crippen molar-refractivity contribution < 1.29 is 4.52 Å². The molecule has 0 spiro atoms. The molecule has 22 heavy (non-hydrogen) atoms. The molecule has 0 atom stereocenters. The molecule has 2 aromatic heterocycles. The van der Waals surface area contributed by atoms with Crippen molar-refractivity contribution in [1.29, 1.82) is 0 Å². The highest BCUT2D eigenvalue weighted by atomic mass is 35.5. The van der Waals surface area contributed by atoms with Crippen molar-refractivity contribution in [3.8, 4) is 10.8 Å². The fourth-order valence-electron chi connectivity index (χ4n) is 2.83. The summed E-state index contributed by atoms with van der Waals surface area (Å²) in [6, 6.07) is 0. The Morgan fingerprint density at radius 3 is 2.59 bits per heavy atom. The monoisotopic (exact) mass is 342 g/mol. The van der Waals surface area contributed by atoms with Crippen LogP contribution in [0.25, 0.3) is 10.8 Å². The molecular formula is C15H23ClN4OS. The Bertz CT molecular complexity index is 631. The van der Waals surface area contributed by atoms with E-state index in [0.29, 0.717) is 17.6 Å². The lowest BCUT2D eigenvalue weighted by Gasteiger charge is -2.17. The fraction of sp³-hybridized carbons (Fsp3) is 0.667. The van der Waals surface area contributed by atoms with Crippen molar-refractivity contribution in [1.82, 2.24) is 15.1 Å². The zero-order chi connectivity index (χ0) is 15.0. The van der Waals surface area contributed by atoms with E-state index in [1.165, 1.54) is 0 Å². The average Bonchev–Trinajstić information content (AvgIpc) is 3.09. The summed E-state index contributed by atoms with van der Waals surface area (Å²) in [5.74, 6) is 1.80. The second kappa shape index (κ2) is 6.64. The molecule has 0 aromatic carbocycles. The largest absolute Gasteiger partial charge is 0.333 e. The number of rotatable bonds is 4. The van der Waals surface area contributed by atoms with Gasteiger partial charge in [0.05, 0.1) is 16.2 Å². The molecule has 1 fully saturated rings. The maximum absolute atomic E-state index is 6.38. The summed E-state index contributed by atoms with van der Waals surface area (Å²) in [5.41, 5.74) is 6.94. The number of nitrogens with two attached hydrogens (primary N) is 1. The second-order valence-corrected chi connectivity index (χ2v) is 7.49. The van der Waals surface area contributed by atoms with Crippen molar-refractivity contribution in [3.05, 3.63) is 16.5 Å². The Labute approximate surface area is 141 Å². The third kappa shape index (κ3) is 3.34. The SMILES string of the molecule is Cc1nc(CC(C)C)sc1-c1nc(C2(N)CCCC2)no1.Cl. The molecular weight excluding hydrogens is 320 g/mol. The second-order valence-electron chi connectivity index (χ2n) is 6.41. The van der Waals surface area contributed by atoms with Gasteiger partial charge < -0.3 is 10.3 Å². The van der Waals surface area contributed by atoms with E-state index in [1.54, 1.807) is 11.3 Å². The molecule has 1 saturated carbocycles. The van der Waals surface area contributed by atoms with Crippen LogP contribution in [0.15, 0.2) is 4.52 Å². The summed E-state index contributed by atoms with van der Waals surface area (Å²) < 4.78 is 5.46. The molecule has 1 aliphatic rings. The highest BCUT2D eigenvalue weighted by Gasteiger charge is 2.36. The Morgan fingerprint density at radius 2 is 1.95 bits per heavy atom. The van der Waals surface area contributed by atoms with Crippen molar-refractivity contribution in [2.75, 3.05) is 0 Å². The first kappa shape index (κ1) is 17.4. The minimum atomic E-state index is -0.402. The van der Waals surface area contributed by atoms with Crippen LogP contribution in [0.3, 0.4) is 0 Å². The molecule has 7 heteroatoms. The van der Waals surface area contributed by atoms with Gasteiger partial charge in [-0.15, -0.1) is 23.7 Å². The number of halogens is 1. The summed E-state index contributed by atoms with van der Waals surface area (Å²) >= 11 is 1.65. The fourth-order valence-corrected chi connectivity index (χ4v) is 4.03. The van der Waals surface area contributed by atoms with Gasteiger partial charge >= 0.3 is 0 Å². The van der Waals surface area contributed by atoms with Crippen LogP contribution < -0.4 is 5.73 Å². The van der Waals surface area contributed by atoms with Gasteiger partial charge in [0.15, 0.2) is 5.82 Å². The van der Waals surface area contributed by atoms with Gasteiger partial charge in [0.25, 0.3) is 5.89 Å². The molecule has 1 aliphatic carbocycles. The van der Waals surface area contributed by atoms with Gasteiger partial charge in [-0.05, 0) is 25.7 Å². The van der Waals surface area contributed by atoms with E-state index in [-0.39, 0.29) is 12.4 Å². The van der Waals surface area contributed by atoms with Crippen LogP contribution in [0.4, 0.5) is 0 Å². The van der Waals surface area contributed by atoms with Crippen LogP contribution in [0, 0.1) is 12.8 Å². The van der Waals surface area contributed by atoms with Gasteiger partial charge in [-0.2, -0.15) is 4.98 Å². The van der Waals surface area contributed by atoms with Crippen LogP contribution in [0.2, 0.25) is 0 Å². The molecule has 2 aromatic rings. The zero-order valence-corrected chi connectivity index (χ0v) is 14.9. The predicted molar refractivity (Wildman–Crippen MR) is 90.3 cm³/mol. The summed E-state index contributed by atoms with van der Waals surface area (Å²) in [4.78, 5) is 10.1. The number of hydrogen-bond donors (Lipinski definition) is 1. The molecule has 0 bridgehead atoms. The van der Waals surface area contributed by atoms with Gasteiger partial charge in [-0.1, -0.05) is 31.8 Å². The third-order valence-corrected chi connectivity index (χ3v) is 5.15. The first-order valence-corrected chi connectivity index (χ1v) is 8.39.